The summed E-state index contributed by atoms with van der Waals surface area (Å²) in [6.07, 6.45) is 8.23. The molecule has 2 atom stereocenters. The highest BCUT2D eigenvalue weighted by Gasteiger charge is 2.28. The van der Waals surface area contributed by atoms with E-state index in [0.29, 0.717) is 0 Å². The van der Waals surface area contributed by atoms with Crippen molar-refractivity contribution in [2.24, 2.45) is 5.92 Å². The Bertz CT molecular complexity index is 362. The molecule has 2 aliphatic rings. The van der Waals surface area contributed by atoms with Gasteiger partial charge in [0.15, 0.2) is 0 Å². The number of benzene rings is 1. The van der Waals surface area contributed by atoms with Crippen LogP contribution in [-0.4, -0.2) is 13.1 Å². The molecule has 0 amide bonds. The Labute approximate surface area is 105 Å². The van der Waals surface area contributed by atoms with Gasteiger partial charge in [-0.2, -0.15) is 0 Å². The van der Waals surface area contributed by atoms with Gasteiger partial charge in [0.2, 0.25) is 0 Å². The number of hydrogen-bond donors (Lipinski definition) is 1. The second-order valence-electron chi connectivity index (χ2n) is 5.79. The second kappa shape index (κ2) is 4.81. The molecule has 92 valence electrons. The van der Waals surface area contributed by atoms with Crippen molar-refractivity contribution in [2.45, 2.75) is 50.5 Å². The zero-order chi connectivity index (χ0) is 11.7. The number of rotatable bonds is 5. The van der Waals surface area contributed by atoms with E-state index in [1.165, 1.54) is 44.1 Å². The van der Waals surface area contributed by atoms with Crippen LogP contribution in [-0.2, 0) is 6.42 Å². The summed E-state index contributed by atoms with van der Waals surface area (Å²) in [6, 6.07) is 10.2. The summed E-state index contributed by atoms with van der Waals surface area (Å²) in [6.45, 7) is 0. The summed E-state index contributed by atoms with van der Waals surface area (Å²) in [7, 11) is 2.10. The summed E-state index contributed by atoms with van der Waals surface area (Å²) in [5.41, 5.74) is 3.08. The van der Waals surface area contributed by atoms with Crippen LogP contribution in [0.2, 0.25) is 0 Å². The summed E-state index contributed by atoms with van der Waals surface area (Å²) in [4.78, 5) is 0. The molecule has 1 aromatic rings. The first-order chi connectivity index (χ1) is 8.36. The lowest BCUT2D eigenvalue weighted by molar-refractivity contribution is 0.208. The van der Waals surface area contributed by atoms with Crippen LogP contribution < -0.4 is 5.32 Å². The standard InChI is InChI=1S/C16H23N/c1-17-16-11-10-15(16)7-4-12-2-5-13(6-3-12)14-8-9-14/h2-3,5-6,14-17H,4,7-11H2,1H3/t15?,16-/m1/s1. The Balaban J connectivity index is 1.51. The zero-order valence-corrected chi connectivity index (χ0v) is 10.8. The van der Waals surface area contributed by atoms with Crippen molar-refractivity contribution < 1.29 is 0 Å². The van der Waals surface area contributed by atoms with Crippen LogP contribution in [0.15, 0.2) is 24.3 Å². The molecule has 0 spiro atoms. The van der Waals surface area contributed by atoms with Crippen molar-refractivity contribution in [3.05, 3.63) is 35.4 Å². The SMILES string of the molecule is CN[C@@H]1CCC1CCc1ccc(C2CC2)cc1. The maximum atomic E-state index is 3.42. The topological polar surface area (TPSA) is 12.0 Å². The quantitative estimate of drug-likeness (QED) is 0.815. The van der Waals surface area contributed by atoms with E-state index in [4.69, 9.17) is 0 Å². The Morgan fingerprint density at radius 3 is 2.35 bits per heavy atom. The molecule has 2 aliphatic carbocycles. The highest BCUT2D eigenvalue weighted by Crippen LogP contribution is 2.40. The number of nitrogens with one attached hydrogen (secondary N) is 1. The molecule has 1 N–H and O–H groups in total. The zero-order valence-electron chi connectivity index (χ0n) is 10.8. The number of aryl methyl sites for hydroxylation is 1. The highest BCUT2D eigenvalue weighted by molar-refractivity contribution is 5.28. The van der Waals surface area contributed by atoms with Crippen molar-refractivity contribution in [1.29, 1.82) is 0 Å². The molecule has 1 nitrogen and oxygen atoms in total. The molecule has 0 aliphatic heterocycles. The maximum absolute atomic E-state index is 3.42. The fourth-order valence-corrected chi connectivity index (χ4v) is 3.02. The predicted molar refractivity (Wildman–Crippen MR) is 72.3 cm³/mol. The molecule has 1 unspecified atom stereocenters. The molecule has 0 bridgehead atoms. The van der Waals surface area contributed by atoms with E-state index >= 15 is 0 Å². The highest BCUT2D eigenvalue weighted by atomic mass is 14.9. The van der Waals surface area contributed by atoms with Crippen molar-refractivity contribution in [1.82, 2.24) is 5.32 Å². The van der Waals surface area contributed by atoms with Crippen LogP contribution in [0, 0.1) is 5.92 Å². The lowest BCUT2D eigenvalue weighted by Crippen LogP contribution is -2.42. The minimum absolute atomic E-state index is 0.792. The Morgan fingerprint density at radius 2 is 1.82 bits per heavy atom. The molecule has 2 saturated carbocycles. The van der Waals surface area contributed by atoms with Crippen LogP contribution in [0.25, 0.3) is 0 Å². The molecule has 1 aromatic carbocycles. The van der Waals surface area contributed by atoms with Gasteiger partial charge < -0.3 is 5.32 Å². The van der Waals surface area contributed by atoms with E-state index in [2.05, 4.69) is 36.6 Å². The third-order valence-electron chi connectivity index (χ3n) is 4.62. The summed E-state index contributed by atoms with van der Waals surface area (Å²) >= 11 is 0. The Hall–Kier alpha value is -0.820. The summed E-state index contributed by atoms with van der Waals surface area (Å²) < 4.78 is 0. The van der Waals surface area contributed by atoms with Crippen LogP contribution in [0.4, 0.5) is 0 Å². The summed E-state index contributed by atoms with van der Waals surface area (Å²) in [5, 5.41) is 3.42. The van der Waals surface area contributed by atoms with E-state index in [1.54, 1.807) is 5.56 Å². The molecule has 0 radical (unpaired) electrons. The van der Waals surface area contributed by atoms with E-state index in [1.807, 2.05) is 0 Å². The van der Waals surface area contributed by atoms with E-state index < -0.39 is 0 Å². The molecule has 0 saturated heterocycles. The summed E-state index contributed by atoms with van der Waals surface area (Å²) in [5.74, 6) is 1.81. The largest absolute Gasteiger partial charge is 0.317 e. The van der Waals surface area contributed by atoms with Gasteiger partial charge in [0, 0.05) is 6.04 Å². The van der Waals surface area contributed by atoms with Crippen molar-refractivity contribution >= 4 is 0 Å². The monoisotopic (exact) mass is 229 g/mol. The van der Waals surface area contributed by atoms with E-state index in [9.17, 15) is 0 Å². The molecular weight excluding hydrogens is 206 g/mol. The van der Waals surface area contributed by atoms with Crippen molar-refractivity contribution in [3.8, 4) is 0 Å². The van der Waals surface area contributed by atoms with Gasteiger partial charge in [-0.05, 0) is 68.5 Å². The fraction of sp³-hybridized carbons (Fsp3) is 0.625. The Kier molecular flexibility index (Phi) is 3.19. The van der Waals surface area contributed by atoms with Crippen LogP contribution in [0.5, 0.6) is 0 Å². The van der Waals surface area contributed by atoms with Crippen LogP contribution in [0.3, 0.4) is 0 Å². The predicted octanol–water partition coefficient (Wildman–Crippen LogP) is 3.49. The van der Waals surface area contributed by atoms with Gasteiger partial charge in [-0.25, -0.2) is 0 Å². The average molecular weight is 229 g/mol. The minimum atomic E-state index is 0.792. The molecule has 0 heterocycles. The van der Waals surface area contributed by atoms with E-state index in [-0.39, 0.29) is 0 Å². The van der Waals surface area contributed by atoms with Gasteiger partial charge >= 0.3 is 0 Å². The molecule has 2 fully saturated rings. The molecule has 17 heavy (non-hydrogen) atoms. The normalized spacial score (nSPS) is 27.8. The smallest absolute Gasteiger partial charge is 0.00925 e. The first kappa shape index (κ1) is 11.3. The first-order valence-electron chi connectivity index (χ1n) is 7.13. The lowest BCUT2D eigenvalue weighted by Gasteiger charge is -2.36. The van der Waals surface area contributed by atoms with Gasteiger partial charge in [-0.3, -0.25) is 0 Å². The molecule has 0 aromatic heterocycles. The first-order valence-corrected chi connectivity index (χ1v) is 7.13. The van der Waals surface area contributed by atoms with Crippen LogP contribution >= 0.6 is 0 Å². The van der Waals surface area contributed by atoms with Gasteiger partial charge in [-0.1, -0.05) is 24.3 Å². The third kappa shape index (κ3) is 2.55. The number of hydrogen-bond acceptors (Lipinski definition) is 1. The van der Waals surface area contributed by atoms with Crippen LogP contribution in [0.1, 0.15) is 49.1 Å². The minimum Gasteiger partial charge on any atom is -0.317 e. The van der Waals surface area contributed by atoms with Gasteiger partial charge in [0.25, 0.3) is 0 Å². The maximum Gasteiger partial charge on any atom is 0.00925 e. The van der Waals surface area contributed by atoms with E-state index in [0.717, 1.165) is 17.9 Å². The van der Waals surface area contributed by atoms with Gasteiger partial charge in [0.1, 0.15) is 0 Å². The average Bonchev–Trinajstić information content (AvgIpc) is 3.13. The molecule has 1 heteroatoms. The lowest BCUT2D eigenvalue weighted by atomic mass is 9.76. The molecular formula is C16H23N. The molecule has 3 rings (SSSR count). The fourth-order valence-electron chi connectivity index (χ4n) is 3.02. The van der Waals surface area contributed by atoms with Gasteiger partial charge in [-0.15, -0.1) is 0 Å². The van der Waals surface area contributed by atoms with Gasteiger partial charge in [0.05, 0.1) is 0 Å². The second-order valence-corrected chi connectivity index (χ2v) is 5.79. The third-order valence-corrected chi connectivity index (χ3v) is 4.62. The Morgan fingerprint density at radius 1 is 1.06 bits per heavy atom. The van der Waals surface area contributed by atoms with Crippen molar-refractivity contribution in [2.75, 3.05) is 7.05 Å². The van der Waals surface area contributed by atoms with Crippen molar-refractivity contribution in [3.63, 3.8) is 0 Å².